The van der Waals surface area contributed by atoms with Gasteiger partial charge in [0.2, 0.25) is 0 Å². The smallest absolute Gasteiger partial charge is 0.143 e. The molecule has 0 atom stereocenters. The van der Waals surface area contributed by atoms with Crippen molar-refractivity contribution in [1.82, 2.24) is 0 Å². The molecule has 0 aliphatic carbocycles. The summed E-state index contributed by atoms with van der Waals surface area (Å²) >= 11 is 0. The molecule has 0 N–H and O–H groups in total. The lowest BCUT2D eigenvalue weighted by atomic mass is 9.82. The Balaban J connectivity index is 0.921. The van der Waals surface area contributed by atoms with Gasteiger partial charge in [0.05, 0.1) is 0 Å². The van der Waals surface area contributed by atoms with E-state index < -0.39 is 0 Å². The van der Waals surface area contributed by atoms with Gasteiger partial charge in [-0.2, -0.15) is 0 Å². The molecule has 69 heavy (non-hydrogen) atoms. The van der Waals surface area contributed by atoms with Crippen LogP contribution in [0.5, 0.6) is 0 Å². The molecule has 0 bridgehead atoms. The number of rotatable bonds is 9. The average Bonchev–Trinajstić information content (AvgIpc) is 4.01. The van der Waals surface area contributed by atoms with E-state index >= 15 is 0 Å². The van der Waals surface area contributed by atoms with E-state index in [1.165, 1.54) is 38.9 Å². The molecule has 0 radical (unpaired) electrons. The average molecular weight is 881 g/mol. The van der Waals surface area contributed by atoms with Crippen LogP contribution < -0.4 is 0 Å². The lowest BCUT2D eigenvalue weighted by molar-refractivity contribution is 0.669. The molecule has 2 nitrogen and oxygen atoms in total. The summed E-state index contributed by atoms with van der Waals surface area (Å²) in [5, 5.41) is 4.53. The van der Waals surface area contributed by atoms with E-state index in [9.17, 15) is 0 Å². The molecule has 2 heterocycles. The van der Waals surface area contributed by atoms with Crippen LogP contribution in [0.3, 0.4) is 0 Å². The fourth-order valence-corrected chi connectivity index (χ4v) is 10.5. The minimum Gasteiger partial charge on any atom is -0.455 e. The Kier molecular flexibility index (Phi) is 9.95. The van der Waals surface area contributed by atoms with Crippen LogP contribution in [-0.2, 0) is 0 Å². The number of para-hydroxylation sites is 4. The summed E-state index contributed by atoms with van der Waals surface area (Å²) in [4.78, 5) is 0. The van der Waals surface area contributed by atoms with Gasteiger partial charge in [-0.1, -0.05) is 231 Å². The molecule has 0 saturated heterocycles. The summed E-state index contributed by atoms with van der Waals surface area (Å²) < 4.78 is 13.0. The molecule has 0 fully saturated rings. The molecule has 13 rings (SSSR count). The molecule has 0 amide bonds. The van der Waals surface area contributed by atoms with Crippen LogP contribution in [0.2, 0.25) is 0 Å². The summed E-state index contributed by atoms with van der Waals surface area (Å²) in [6.07, 6.45) is 0. The van der Waals surface area contributed by atoms with Gasteiger partial charge in [-0.05, 0) is 103 Å². The van der Waals surface area contributed by atoms with Crippen molar-refractivity contribution in [1.29, 1.82) is 0 Å². The van der Waals surface area contributed by atoms with Gasteiger partial charge in [0.1, 0.15) is 22.3 Å². The van der Waals surface area contributed by atoms with E-state index in [2.05, 4.69) is 237 Å². The summed E-state index contributed by atoms with van der Waals surface area (Å²) in [5.74, 6) is -0.0675. The van der Waals surface area contributed by atoms with E-state index in [-0.39, 0.29) is 5.92 Å². The Morgan fingerprint density at radius 3 is 0.971 bits per heavy atom. The molecule has 2 heteroatoms. The quantitative estimate of drug-likeness (QED) is 0.135. The van der Waals surface area contributed by atoms with Crippen molar-refractivity contribution in [3.8, 4) is 66.8 Å². The summed E-state index contributed by atoms with van der Waals surface area (Å²) in [5.41, 5.74) is 21.1. The fraction of sp³-hybridized carbons (Fsp3) is 0.0149. The van der Waals surface area contributed by atoms with E-state index in [1.54, 1.807) is 0 Å². The maximum atomic E-state index is 6.50. The van der Waals surface area contributed by atoms with Crippen LogP contribution in [0.4, 0.5) is 0 Å². The third kappa shape index (κ3) is 7.40. The largest absolute Gasteiger partial charge is 0.455 e. The zero-order valence-electron chi connectivity index (χ0n) is 37.7. The van der Waals surface area contributed by atoms with Crippen molar-refractivity contribution in [2.75, 3.05) is 0 Å². The second-order valence-corrected chi connectivity index (χ2v) is 18.0. The van der Waals surface area contributed by atoms with E-state index in [0.29, 0.717) is 0 Å². The number of fused-ring (bicyclic) bond motifs is 6. The van der Waals surface area contributed by atoms with E-state index in [1.807, 2.05) is 24.3 Å². The second-order valence-electron chi connectivity index (χ2n) is 18.0. The highest BCUT2D eigenvalue weighted by Gasteiger charge is 2.21. The van der Waals surface area contributed by atoms with E-state index in [4.69, 9.17) is 8.83 Å². The SMILES string of the molecule is c1ccc(-c2cccc(-c3cccc(C(c4cccc(-c5cccc(-c6cccc7c6oc6ccccc67)c5)c4)c4cccc(-c5cccc(-c6cccc7c6oc6ccccc67)c5)c4)c3)c2)cc1. The molecule has 324 valence electrons. The maximum Gasteiger partial charge on any atom is 0.143 e. The Morgan fingerprint density at radius 2 is 0.522 bits per heavy atom. The van der Waals surface area contributed by atoms with Crippen LogP contribution in [0.15, 0.2) is 270 Å². The van der Waals surface area contributed by atoms with Crippen molar-refractivity contribution in [3.05, 3.63) is 278 Å². The van der Waals surface area contributed by atoms with Gasteiger partial charge in [-0.25, -0.2) is 0 Å². The number of benzene rings is 11. The van der Waals surface area contributed by atoms with Crippen molar-refractivity contribution >= 4 is 43.9 Å². The highest BCUT2D eigenvalue weighted by molar-refractivity contribution is 6.10. The summed E-state index contributed by atoms with van der Waals surface area (Å²) in [6, 6.07) is 94.1. The topological polar surface area (TPSA) is 26.3 Å². The van der Waals surface area contributed by atoms with Crippen LogP contribution >= 0.6 is 0 Å². The molecule has 0 aliphatic rings. The molecular formula is C67H44O2. The van der Waals surface area contributed by atoms with E-state index in [0.717, 1.165) is 88.4 Å². The van der Waals surface area contributed by atoms with Crippen molar-refractivity contribution in [2.45, 2.75) is 5.92 Å². The first-order chi connectivity index (χ1) is 34.2. The summed E-state index contributed by atoms with van der Waals surface area (Å²) in [6.45, 7) is 0. The van der Waals surface area contributed by atoms with Crippen molar-refractivity contribution in [2.24, 2.45) is 0 Å². The normalized spacial score (nSPS) is 11.6. The molecule has 2 aromatic heterocycles. The maximum absolute atomic E-state index is 6.50. The van der Waals surface area contributed by atoms with Crippen molar-refractivity contribution < 1.29 is 8.83 Å². The number of furan rings is 2. The van der Waals surface area contributed by atoms with Gasteiger partial charge in [0.25, 0.3) is 0 Å². The van der Waals surface area contributed by atoms with Gasteiger partial charge < -0.3 is 8.83 Å². The Hall–Kier alpha value is -8.98. The third-order valence-electron chi connectivity index (χ3n) is 13.8. The van der Waals surface area contributed by atoms with Gasteiger partial charge in [-0.15, -0.1) is 0 Å². The van der Waals surface area contributed by atoms with Crippen molar-refractivity contribution in [3.63, 3.8) is 0 Å². The zero-order valence-corrected chi connectivity index (χ0v) is 37.7. The molecule has 11 aromatic carbocycles. The van der Waals surface area contributed by atoms with Crippen LogP contribution in [0, 0.1) is 0 Å². The van der Waals surface area contributed by atoms with Crippen LogP contribution in [-0.4, -0.2) is 0 Å². The predicted octanol–water partition coefficient (Wildman–Crippen LogP) is 18.7. The molecule has 0 unspecified atom stereocenters. The molecule has 13 aromatic rings. The van der Waals surface area contributed by atoms with Gasteiger partial charge in [0, 0.05) is 38.6 Å². The van der Waals surface area contributed by atoms with Crippen LogP contribution in [0.25, 0.3) is 111 Å². The molecule has 0 aliphatic heterocycles. The third-order valence-corrected chi connectivity index (χ3v) is 13.8. The monoisotopic (exact) mass is 880 g/mol. The number of hydrogen-bond donors (Lipinski definition) is 0. The lowest BCUT2D eigenvalue weighted by Gasteiger charge is -2.22. The Labute approximate surface area is 401 Å². The lowest BCUT2D eigenvalue weighted by Crippen LogP contribution is -2.04. The van der Waals surface area contributed by atoms with Crippen LogP contribution in [0.1, 0.15) is 22.6 Å². The first-order valence-electron chi connectivity index (χ1n) is 23.7. The first-order valence-corrected chi connectivity index (χ1v) is 23.7. The van der Waals surface area contributed by atoms with Gasteiger partial charge in [-0.3, -0.25) is 0 Å². The summed E-state index contributed by atoms with van der Waals surface area (Å²) in [7, 11) is 0. The standard InChI is InChI=1S/C67H44O2/c1-2-16-44(17-3-1)45-18-8-19-46(38-45)49-22-11-27-54(41-49)65(55-28-12-23-50(42-55)47-20-9-25-52(39-47)57-32-14-34-61-59-30-4-6-36-63(59)68-66(57)61)56-29-13-24-51(43-56)48-21-10-26-53(40-48)58-33-15-35-62-60-31-5-7-37-64(60)69-67(58)62/h1-43,65H. The number of hydrogen-bond acceptors (Lipinski definition) is 2. The highest BCUT2D eigenvalue weighted by Crippen LogP contribution is 2.42. The minimum absolute atomic E-state index is 0.0675. The zero-order chi connectivity index (χ0) is 45.7. The Bertz CT molecular complexity index is 3840. The fourth-order valence-electron chi connectivity index (χ4n) is 10.5. The minimum atomic E-state index is -0.0675. The predicted molar refractivity (Wildman–Crippen MR) is 287 cm³/mol. The first kappa shape index (κ1) is 40.3. The second kappa shape index (κ2) is 17.0. The molecule has 0 spiro atoms. The Morgan fingerprint density at radius 1 is 0.217 bits per heavy atom. The molecule has 0 saturated carbocycles. The van der Waals surface area contributed by atoms with Gasteiger partial charge in [0.15, 0.2) is 0 Å². The van der Waals surface area contributed by atoms with Gasteiger partial charge >= 0.3 is 0 Å². The molecular weight excluding hydrogens is 837 g/mol. The highest BCUT2D eigenvalue weighted by atomic mass is 16.3.